The molecule has 0 amide bonds. The second-order valence-electron chi connectivity index (χ2n) is 7.04. The fourth-order valence-electron chi connectivity index (χ4n) is 2.88. The van der Waals surface area contributed by atoms with Crippen LogP contribution in [0.5, 0.6) is 0 Å². The van der Waals surface area contributed by atoms with Crippen LogP contribution in [-0.4, -0.2) is 30.0 Å². The molecule has 1 aromatic carbocycles. The van der Waals surface area contributed by atoms with Gasteiger partial charge in [0.25, 0.3) is 0 Å². The Hall–Kier alpha value is -2.72. The van der Waals surface area contributed by atoms with E-state index >= 15 is 0 Å². The predicted molar refractivity (Wildman–Crippen MR) is 106 cm³/mol. The van der Waals surface area contributed by atoms with Gasteiger partial charge < -0.3 is 4.57 Å². The molecule has 10 heteroatoms. The van der Waals surface area contributed by atoms with Gasteiger partial charge in [0.2, 0.25) is 10.0 Å². The first kappa shape index (κ1) is 22.0. The van der Waals surface area contributed by atoms with Gasteiger partial charge in [0.15, 0.2) is 0 Å². The van der Waals surface area contributed by atoms with Crippen LogP contribution in [0, 0.1) is 0 Å². The summed E-state index contributed by atoms with van der Waals surface area (Å²) in [5, 5.41) is 0. The van der Waals surface area contributed by atoms with E-state index < -0.39 is 21.8 Å². The summed E-state index contributed by atoms with van der Waals surface area (Å²) in [5.74, 6) is 0. The highest BCUT2D eigenvalue weighted by atomic mass is 32.2. The average molecular weight is 438 g/mol. The van der Waals surface area contributed by atoms with E-state index in [0.717, 1.165) is 12.3 Å². The van der Waals surface area contributed by atoms with Crippen LogP contribution in [-0.2, 0) is 22.6 Å². The molecule has 0 saturated carbocycles. The molecule has 2 aromatic heterocycles. The standard InChI is InChI=1S/C20H21F3N4O2S/c1-13(2)27-11-19(26-12-27)18-9-17(30(28,29)24-3)7-4-14(18)8-16-6-5-15(10-25-16)20(21,22)23/h4-7,9-13,24H,8H2,1-3H3. The smallest absolute Gasteiger partial charge is 0.334 e. The van der Waals surface area contributed by atoms with Crippen molar-refractivity contribution in [2.45, 2.75) is 37.4 Å². The third-order valence-corrected chi connectivity index (χ3v) is 6.07. The summed E-state index contributed by atoms with van der Waals surface area (Å²) >= 11 is 0. The number of alkyl halides is 3. The van der Waals surface area contributed by atoms with Gasteiger partial charge in [0.1, 0.15) is 0 Å². The molecule has 0 bridgehead atoms. The number of pyridine rings is 1. The summed E-state index contributed by atoms with van der Waals surface area (Å²) in [4.78, 5) is 8.38. The van der Waals surface area contributed by atoms with Crippen LogP contribution in [0.2, 0.25) is 0 Å². The van der Waals surface area contributed by atoms with E-state index in [2.05, 4.69) is 14.7 Å². The number of aromatic nitrogens is 3. The van der Waals surface area contributed by atoms with Gasteiger partial charge in [-0.2, -0.15) is 13.2 Å². The molecule has 0 saturated heterocycles. The average Bonchev–Trinajstić information content (AvgIpc) is 3.18. The van der Waals surface area contributed by atoms with Crippen molar-refractivity contribution in [3.63, 3.8) is 0 Å². The Labute approximate surface area is 172 Å². The maximum atomic E-state index is 12.8. The lowest BCUT2D eigenvalue weighted by Gasteiger charge is -2.12. The number of benzene rings is 1. The molecule has 0 atom stereocenters. The summed E-state index contributed by atoms with van der Waals surface area (Å²) in [5.41, 5.74) is 1.45. The van der Waals surface area contributed by atoms with E-state index in [1.54, 1.807) is 18.6 Å². The number of imidazole rings is 1. The number of halogens is 3. The lowest BCUT2D eigenvalue weighted by atomic mass is 10.00. The second-order valence-corrected chi connectivity index (χ2v) is 8.93. The van der Waals surface area contributed by atoms with Gasteiger partial charge in [-0.1, -0.05) is 6.07 Å². The van der Waals surface area contributed by atoms with E-state index in [0.29, 0.717) is 22.5 Å². The fraction of sp³-hybridized carbons (Fsp3) is 0.300. The first-order valence-corrected chi connectivity index (χ1v) is 10.6. The van der Waals surface area contributed by atoms with Crippen molar-refractivity contribution in [1.29, 1.82) is 0 Å². The van der Waals surface area contributed by atoms with Crippen molar-refractivity contribution in [2.24, 2.45) is 0 Å². The molecule has 0 spiro atoms. The third-order valence-electron chi connectivity index (χ3n) is 4.66. The van der Waals surface area contributed by atoms with Gasteiger partial charge in [-0.25, -0.2) is 18.1 Å². The predicted octanol–water partition coefficient (Wildman–Crippen LogP) is 4.04. The Kier molecular flexibility index (Phi) is 6.00. The van der Waals surface area contributed by atoms with Gasteiger partial charge in [-0.3, -0.25) is 4.98 Å². The van der Waals surface area contributed by atoms with E-state index in [4.69, 9.17) is 0 Å². The first-order valence-electron chi connectivity index (χ1n) is 9.13. The van der Waals surface area contributed by atoms with Crippen LogP contribution < -0.4 is 4.72 Å². The quantitative estimate of drug-likeness (QED) is 0.630. The highest BCUT2D eigenvalue weighted by Gasteiger charge is 2.30. The highest BCUT2D eigenvalue weighted by molar-refractivity contribution is 7.89. The molecule has 0 unspecified atom stereocenters. The van der Waals surface area contributed by atoms with Crippen molar-refractivity contribution >= 4 is 10.0 Å². The molecule has 30 heavy (non-hydrogen) atoms. The molecule has 3 rings (SSSR count). The molecule has 0 aliphatic rings. The summed E-state index contributed by atoms with van der Waals surface area (Å²) in [7, 11) is -2.35. The molecule has 2 heterocycles. The van der Waals surface area contributed by atoms with Gasteiger partial charge in [0, 0.05) is 36.1 Å². The third kappa shape index (κ3) is 4.71. The van der Waals surface area contributed by atoms with Crippen LogP contribution in [0.4, 0.5) is 13.2 Å². The minimum Gasteiger partial charge on any atom is -0.334 e. The van der Waals surface area contributed by atoms with Crippen LogP contribution in [0.3, 0.4) is 0 Å². The molecule has 0 aliphatic carbocycles. The molecule has 0 fully saturated rings. The zero-order chi connectivity index (χ0) is 22.1. The molecule has 3 aromatic rings. The largest absolute Gasteiger partial charge is 0.417 e. The Morgan fingerprint density at radius 3 is 2.40 bits per heavy atom. The Morgan fingerprint density at radius 2 is 1.87 bits per heavy atom. The molecule has 1 N–H and O–H groups in total. The summed E-state index contributed by atoms with van der Waals surface area (Å²) < 4.78 is 67.0. The van der Waals surface area contributed by atoms with Crippen molar-refractivity contribution in [1.82, 2.24) is 19.3 Å². The number of hydrogen-bond donors (Lipinski definition) is 1. The number of nitrogens with zero attached hydrogens (tertiary/aromatic N) is 3. The minimum absolute atomic E-state index is 0.0724. The summed E-state index contributed by atoms with van der Waals surface area (Å²) in [6.07, 6.45) is 0.0204. The normalized spacial score (nSPS) is 12.5. The summed E-state index contributed by atoms with van der Waals surface area (Å²) in [6, 6.07) is 7.06. The fourth-order valence-corrected chi connectivity index (χ4v) is 3.64. The SMILES string of the molecule is CNS(=O)(=O)c1ccc(Cc2ccc(C(F)(F)F)cn2)c(-c2cn(C(C)C)cn2)c1. The minimum atomic E-state index is -4.45. The second kappa shape index (κ2) is 8.19. The van der Waals surface area contributed by atoms with Crippen LogP contribution in [0.1, 0.15) is 36.7 Å². The van der Waals surface area contributed by atoms with E-state index in [-0.39, 0.29) is 17.4 Å². The highest BCUT2D eigenvalue weighted by Crippen LogP contribution is 2.30. The number of nitrogens with one attached hydrogen (secondary N) is 1. The van der Waals surface area contributed by atoms with Crippen LogP contribution in [0.25, 0.3) is 11.3 Å². The van der Waals surface area contributed by atoms with Crippen LogP contribution >= 0.6 is 0 Å². The molecule has 160 valence electrons. The molecule has 0 radical (unpaired) electrons. The lowest BCUT2D eigenvalue weighted by Crippen LogP contribution is -2.18. The van der Waals surface area contributed by atoms with E-state index in [1.165, 1.54) is 25.2 Å². The Balaban J connectivity index is 2.04. The van der Waals surface area contributed by atoms with Gasteiger partial charge >= 0.3 is 6.18 Å². The van der Waals surface area contributed by atoms with E-state index in [1.807, 2.05) is 18.4 Å². The van der Waals surface area contributed by atoms with Crippen molar-refractivity contribution in [3.05, 3.63) is 65.9 Å². The maximum absolute atomic E-state index is 12.8. The van der Waals surface area contributed by atoms with Gasteiger partial charge in [-0.05, 0) is 50.7 Å². The Bertz CT molecular complexity index is 1140. The lowest BCUT2D eigenvalue weighted by molar-refractivity contribution is -0.137. The first-order chi connectivity index (χ1) is 14.0. The molecule has 0 aliphatic heterocycles. The van der Waals surface area contributed by atoms with E-state index in [9.17, 15) is 21.6 Å². The van der Waals surface area contributed by atoms with Crippen molar-refractivity contribution < 1.29 is 21.6 Å². The molecule has 6 nitrogen and oxygen atoms in total. The zero-order valence-electron chi connectivity index (χ0n) is 16.6. The van der Waals surface area contributed by atoms with Crippen molar-refractivity contribution in [3.8, 4) is 11.3 Å². The summed E-state index contributed by atoms with van der Waals surface area (Å²) in [6.45, 7) is 3.97. The molecular weight excluding hydrogens is 417 g/mol. The van der Waals surface area contributed by atoms with Crippen molar-refractivity contribution in [2.75, 3.05) is 7.05 Å². The number of sulfonamides is 1. The monoisotopic (exact) mass is 438 g/mol. The van der Waals surface area contributed by atoms with Gasteiger partial charge in [-0.15, -0.1) is 0 Å². The molecular formula is C20H21F3N4O2S. The van der Waals surface area contributed by atoms with Crippen LogP contribution in [0.15, 0.2) is 53.9 Å². The zero-order valence-corrected chi connectivity index (χ0v) is 17.4. The number of rotatable bonds is 6. The topological polar surface area (TPSA) is 76.9 Å². The maximum Gasteiger partial charge on any atom is 0.417 e. The number of hydrogen-bond acceptors (Lipinski definition) is 4. The Morgan fingerprint density at radius 1 is 1.13 bits per heavy atom. The van der Waals surface area contributed by atoms with Gasteiger partial charge in [0.05, 0.1) is 22.5 Å².